The first-order valence-corrected chi connectivity index (χ1v) is 7.47. The van der Waals surface area contributed by atoms with Crippen molar-refractivity contribution in [1.29, 1.82) is 5.26 Å². The Balaban J connectivity index is 1.64. The Morgan fingerprint density at radius 3 is 2.96 bits per heavy atom. The second-order valence-corrected chi connectivity index (χ2v) is 5.11. The lowest BCUT2D eigenvalue weighted by molar-refractivity contribution is -0.122. The lowest BCUT2D eigenvalue weighted by Crippen LogP contribution is -2.30. The van der Waals surface area contributed by atoms with Crippen molar-refractivity contribution in [2.24, 2.45) is 0 Å². The molecule has 8 nitrogen and oxygen atoms in total. The molecule has 0 radical (unpaired) electrons. The van der Waals surface area contributed by atoms with Gasteiger partial charge in [0.25, 0.3) is 5.91 Å². The second kappa shape index (κ2) is 7.23. The van der Waals surface area contributed by atoms with Crippen LogP contribution in [-0.4, -0.2) is 32.2 Å². The molecule has 124 valence electrons. The summed E-state index contributed by atoms with van der Waals surface area (Å²) in [5.41, 5.74) is 1.08. The van der Waals surface area contributed by atoms with Crippen molar-refractivity contribution >= 4 is 11.9 Å². The molecule has 8 heteroatoms. The molecule has 3 aromatic rings. The molecule has 0 saturated heterocycles. The van der Waals surface area contributed by atoms with Gasteiger partial charge >= 0.3 is 0 Å². The lowest BCUT2D eigenvalue weighted by atomic mass is 10.2. The smallest absolute Gasteiger partial charge is 0.267 e. The third kappa shape index (κ3) is 3.97. The molecule has 1 atom stereocenters. The summed E-state index contributed by atoms with van der Waals surface area (Å²) < 4.78 is 5.54. The molecule has 0 aliphatic carbocycles. The number of amides is 1. The third-order valence-electron chi connectivity index (χ3n) is 3.27. The van der Waals surface area contributed by atoms with Crippen molar-refractivity contribution in [2.75, 3.05) is 5.32 Å². The average molecular weight is 334 g/mol. The number of nitrogens with one attached hydrogen (secondary N) is 2. The number of benzene rings is 1. The molecular formula is C17H14N6O2. The van der Waals surface area contributed by atoms with E-state index in [0.29, 0.717) is 22.8 Å². The van der Waals surface area contributed by atoms with Gasteiger partial charge in [0, 0.05) is 6.20 Å². The second-order valence-electron chi connectivity index (χ2n) is 5.11. The van der Waals surface area contributed by atoms with Gasteiger partial charge in [-0.25, -0.2) is 0 Å². The molecule has 0 bridgehead atoms. The fraction of sp³-hybridized carbons (Fsp3) is 0.118. The van der Waals surface area contributed by atoms with Crippen LogP contribution in [0.5, 0.6) is 5.75 Å². The number of carbonyl (C=O) groups is 1. The van der Waals surface area contributed by atoms with Crippen molar-refractivity contribution < 1.29 is 9.53 Å². The summed E-state index contributed by atoms with van der Waals surface area (Å²) in [5, 5.41) is 18.1. The maximum absolute atomic E-state index is 12.2. The predicted molar refractivity (Wildman–Crippen MR) is 89.5 cm³/mol. The van der Waals surface area contributed by atoms with Crippen molar-refractivity contribution in [2.45, 2.75) is 13.0 Å². The number of H-pyrrole nitrogens is 1. The molecule has 0 saturated carbocycles. The standard InChI is InChI=1S/C17H14N6O2/c1-11(25-13-6-4-5-12(9-13)10-18)16(24)21-17-20-15(22-23-17)14-7-2-3-8-19-14/h2-9,11H,1H3,(H2,20,21,22,23,24). The predicted octanol–water partition coefficient (Wildman–Crippen LogP) is 2.14. The fourth-order valence-corrected chi connectivity index (χ4v) is 2.04. The van der Waals surface area contributed by atoms with E-state index in [0.717, 1.165) is 0 Å². The van der Waals surface area contributed by atoms with Crippen LogP contribution >= 0.6 is 0 Å². The molecule has 0 aliphatic heterocycles. The van der Waals surface area contributed by atoms with Crippen LogP contribution in [0.2, 0.25) is 0 Å². The van der Waals surface area contributed by atoms with E-state index in [1.54, 1.807) is 49.5 Å². The van der Waals surface area contributed by atoms with E-state index in [2.05, 4.69) is 25.5 Å². The molecule has 2 heterocycles. The van der Waals surface area contributed by atoms with Gasteiger partial charge in [0.1, 0.15) is 11.4 Å². The van der Waals surface area contributed by atoms with Gasteiger partial charge < -0.3 is 4.74 Å². The highest BCUT2D eigenvalue weighted by Gasteiger charge is 2.17. The van der Waals surface area contributed by atoms with Crippen LogP contribution in [0, 0.1) is 11.3 Å². The Bertz CT molecular complexity index is 916. The zero-order valence-corrected chi connectivity index (χ0v) is 13.3. The molecule has 1 amide bonds. The van der Waals surface area contributed by atoms with Gasteiger partial charge in [0.2, 0.25) is 5.95 Å². The number of hydrogen-bond donors (Lipinski definition) is 2. The Kier molecular flexibility index (Phi) is 4.67. The summed E-state index contributed by atoms with van der Waals surface area (Å²) >= 11 is 0. The highest BCUT2D eigenvalue weighted by atomic mass is 16.5. The Hall–Kier alpha value is -3.73. The summed E-state index contributed by atoms with van der Waals surface area (Å²) in [7, 11) is 0. The quantitative estimate of drug-likeness (QED) is 0.738. The van der Waals surface area contributed by atoms with E-state index < -0.39 is 12.0 Å². The number of aromatic nitrogens is 4. The van der Waals surface area contributed by atoms with Gasteiger partial charge in [-0.3, -0.25) is 20.2 Å². The molecule has 2 N–H and O–H groups in total. The largest absolute Gasteiger partial charge is 0.481 e. The zero-order valence-electron chi connectivity index (χ0n) is 13.3. The maximum atomic E-state index is 12.2. The van der Waals surface area contributed by atoms with E-state index in [4.69, 9.17) is 10.00 Å². The molecule has 0 fully saturated rings. The number of hydrogen-bond acceptors (Lipinski definition) is 6. The monoisotopic (exact) mass is 334 g/mol. The van der Waals surface area contributed by atoms with E-state index in [9.17, 15) is 4.79 Å². The van der Waals surface area contributed by atoms with E-state index in [1.165, 1.54) is 0 Å². The molecule has 25 heavy (non-hydrogen) atoms. The van der Waals surface area contributed by atoms with Crippen molar-refractivity contribution in [3.05, 3.63) is 54.2 Å². The molecule has 3 rings (SSSR count). The first-order chi connectivity index (χ1) is 12.2. The van der Waals surface area contributed by atoms with Gasteiger partial charge in [0.05, 0.1) is 11.6 Å². The molecule has 0 aliphatic rings. The molecule has 1 unspecified atom stereocenters. The SMILES string of the molecule is CC(Oc1cccc(C#N)c1)C(=O)Nc1n[nH]c(-c2ccccn2)n1. The summed E-state index contributed by atoms with van der Waals surface area (Å²) in [4.78, 5) is 20.5. The minimum Gasteiger partial charge on any atom is -0.481 e. The van der Waals surface area contributed by atoms with E-state index >= 15 is 0 Å². The topological polar surface area (TPSA) is 117 Å². The number of aromatic amines is 1. The highest BCUT2D eigenvalue weighted by Crippen LogP contribution is 2.16. The van der Waals surface area contributed by atoms with Gasteiger partial charge in [-0.15, -0.1) is 5.10 Å². The average Bonchev–Trinajstić information content (AvgIpc) is 3.11. The van der Waals surface area contributed by atoms with Crippen LogP contribution in [0.4, 0.5) is 5.95 Å². The van der Waals surface area contributed by atoms with E-state index in [1.807, 2.05) is 12.1 Å². The van der Waals surface area contributed by atoms with Crippen LogP contribution in [0.3, 0.4) is 0 Å². The Morgan fingerprint density at radius 2 is 2.20 bits per heavy atom. The molecule has 0 spiro atoms. The van der Waals surface area contributed by atoms with E-state index in [-0.39, 0.29) is 5.95 Å². The molecule has 1 aromatic carbocycles. The number of anilines is 1. The normalized spacial score (nSPS) is 11.4. The number of nitriles is 1. The number of nitrogens with zero attached hydrogens (tertiary/aromatic N) is 4. The summed E-state index contributed by atoms with van der Waals surface area (Å²) in [6, 6.07) is 14.0. The Morgan fingerprint density at radius 1 is 1.32 bits per heavy atom. The third-order valence-corrected chi connectivity index (χ3v) is 3.27. The van der Waals surface area contributed by atoms with Crippen LogP contribution in [-0.2, 0) is 4.79 Å². The molecule has 2 aromatic heterocycles. The van der Waals surface area contributed by atoms with Crippen LogP contribution in [0.1, 0.15) is 12.5 Å². The summed E-state index contributed by atoms with van der Waals surface area (Å²) in [6.07, 6.45) is 0.854. The van der Waals surface area contributed by atoms with Gasteiger partial charge in [-0.05, 0) is 37.3 Å². The number of ether oxygens (including phenoxy) is 1. The first-order valence-electron chi connectivity index (χ1n) is 7.47. The minimum atomic E-state index is -0.786. The highest BCUT2D eigenvalue weighted by molar-refractivity contribution is 5.92. The first kappa shape index (κ1) is 16.1. The lowest BCUT2D eigenvalue weighted by Gasteiger charge is -2.13. The van der Waals surface area contributed by atoms with Crippen molar-refractivity contribution in [3.63, 3.8) is 0 Å². The summed E-state index contributed by atoms with van der Waals surface area (Å²) in [5.74, 6) is 0.609. The van der Waals surface area contributed by atoms with Gasteiger partial charge in [-0.1, -0.05) is 12.1 Å². The van der Waals surface area contributed by atoms with Crippen LogP contribution < -0.4 is 10.1 Å². The van der Waals surface area contributed by atoms with Crippen molar-refractivity contribution in [1.82, 2.24) is 20.2 Å². The number of rotatable bonds is 5. The summed E-state index contributed by atoms with van der Waals surface area (Å²) in [6.45, 7) is 1.60. The maximum Gasteiger partial charge on any atom is 0.267 e. The van der Waals surface area contributed by atoms with Gasteiger partial charge in [0.15, 0.2) is 11.9 Å². The Labute approximate surface area is 143 Å². The zero-order chi connectivity index (χ0) is 17.6. The minimum absolute atomic E-state index is 0.131. The number of pyridine rings is 1. The fourth-order valence-electron chi connectivity index (χ4n) is 2.04. The van der Waals surface area contributed by atoms with Gasteiger partial charge in [-0.2, -0.15) is 10.2 Å². The van der Waals surface area contributed by atoms with Crippen LogP contribution in [0.15, 0.2) is 48.7 Å². The van der Waals surface area contributed by atoms with Crippen molar-refractivity contribution in [3.8, 4) is 23.3 Å². The molecular weight excluding hydrogens is 320 g/mol. The van der Waals surface area contributed by atoms with Crippen LogP contribution in [0.25, 0.3) is 11.5 Å². The number of carbonyl (C=O) groups excluding carboxylic acids is 1.